The van der Waals surface area contributed by atoms with Gasteiger partial charge >= 0.3 is 0 Å². The molecule has 1 N–H and O–H groups in total. The van der Waals surface area contributed by atoms with Gasteiger partial charge in [0.05, 0.1) is 12.0 Å². The van der Waals surface area contributed by atoms with Crippen LogP contribution >= 0.6 is 0 Å². The van der Waals surface area contributed by atoms with E-state index in [0.29, 0.717) is 0 Å². The predicted octanol–water partition coefficient (Wildman–Crippen LogP) is 1.97. The van der Waals surface area contributed by atoms with Crippen molar-refractivity contribution in [2.45, 2.75) is 27.2 Å². The molecule has 0 saturated heterocycles. The number of nitrogens with zero attached hydrogens (tertiary/aromatic N) is 2. The lowest BCUT2D eigenvalue weighted by Crippen LogP contribution is -2.07. The fourth-order valence-electron chi connectivity index (χ4n) is 0.830. The highest BCUT2D eigenvalue weighted by Gasteiger charge is 2.06. The van der Waals surface area contributed by atoms with Crippen molar-refractivity contribution in [3.63, 3.8) is 0 Å². The number of hydrogen-bond acceptors (Lipinski definition) is 2. The van der Waals surface area contributed by atoms with Gasteiger partial charge in [0.25, 0.3) is 0 Å². The van der Waals surface area contributed by atoms with Gasteiger partial charge in [0.1, 0.15) is 0 Å². The second kappa shape index (κ2) is 6.58. The van der Waals surface area contributed by atoms with E-state index in [1.807, 2.05) is 13.8 Å². The molecule has 0 unspecified atom stereocenters. The van der Waals surface area contributed by atoms with Crippen LogP contribution in [0.3, 0.4) is 0 Å². The summed E-state index contributed by atoms with van der Waals surface area (Å²) in [6, 6.07) is 0. The molecule has 0 spiro atoms. The highest BCUT2D eigenvalue weighted by molar-refractivity contribution is 6.07. The summed E-state index contributed by atoms with van der Waals surface area (Å²) >= 11 is 0. The number of aliphatic imine (C=N–C) groups is 2. The van der Waals surface area contributed by atoms with Crippen LogP contribution in [0.25, 0.3) is 0 Å². The van der Waals surface area contributed by atoms with Gasteiger partial charge in [-0.05, 0) is 6.42 Å². The number of rotatable bonds is 1. The van der Waals surface area contributed by atoms with Crippen molar-refractivity contribution in [2.75, 3.05) is 7.05 Å². The summed E-state index contributed by atoms with van der Waals surface area (Å²) in [7, 11) is 1.74. The zero-order chi connectivity index (χ0) is 9.40. The molecule has 68 valence electrons. The van der Waals surface area contributed by atoms with Crippen LogP contribution in [0.2, 0.25) is 0 Å². The molecule has 0 aliphatic carbocycles. The van der Waals surface area contributed by atoms with Crippen LogP contribution in [0.15, 0.2) is 21.8 Å². The maximum Gasteiger partial charge on any atom is 0.172 e. The molecule has 0 aromatic heterocycles. The van der Waals surface area contributed by atoms with E-state index in [1.54, 1.807) is 13.4 Å². The van der Waals surface area contributed by atoms with Crippen molar-refractivity contribution in [1.29, 1.82) is 0 Å². The summed E-state index contributed by atoms with van der Waals surface area (Å²) < 4.78 is 0. The molecule has 1 aliphatic rings. The molecule has 0 saturated carbocycles. The van der Waals surface area contributed by atoms with Crippen molar-refractivity contribution in [3.05, 3.63) is 11.8 Å². The topological polar surface area (TPSA) is 36.8 Å². The fraction of sp³-hybridized carbons (Fsp3) is 0.556. The van der Waals surface area contributed by atoms with E-state index in [4.69, 9.17) is 0 Å². The highest BCUT2D eigenvalue weighted by atomic mass is 15.1. The van der Waals surface area contributed by atoms with Gasteiger partial charge in [0.2, 0.25) is 0 Å². The van der Waals surface area contributed by atoms with E-state index in [-0.39, 0.29) is 0 Å². The number of amidine groups is 1. The molecule has 0 fully saturated rings. The lowest BCUT2D eigenvalue weighted by atomic mass is 10.3. The molecule has 3 heteroatoms. The molecule has 0 amide bonds. The largest absolute Gasteiger partial charge is 0.343 e. The first kappa shape index (κ1) is 10.9. The monoisotopic (exact) mass is 167 g/mol. The van der Waals surface area contributed by atoms with Crippen LogP contribution in [0, 0.1) is 0 Å². The number of nitrogens with one attached hydrogen (secondary N) is 1. The summed E-state index contributed by atoms with van der Waals surface area (Å²) in [6.07, 6.45) is 4.73. The van der Waals surface area contributed by atoms with Crippen molar-refractivity contribution in [1.82, 2.24) is 5.32 Å². The third kappa shape index (κ3) is 2.86. The third-order valence-corrected chi connectivity index (χ3v) is 1.27. The highest BCUT2D eigenvalue weighted by Crippen LogP contribution is 2.01. The van der Waals surface area contributed by atoms with E-state index in [2.05, 4.69) is 28.3 Å². The Kier molecular flexibility index (Phi) is 5.97. The van der Waals surface area contributed by atoms with Crippen LogP contribution in [0.1, 0.15) is 27.2 Å². The average Bonchev–Trinajstić information content (AvgIpc) is 2.56. The summed E-state index contributed by atoms with van der Waals surface area (Å²) in [4.78, 5) is 7.98. The Balaban J connectivity index is 0.000000561. The molecule has 12 heavy (non-hydrogen) atoms. The molecule has 0 bridgehead atoms. The average molecular weight is 167 g/mol. The molecular weight excluding hydrogens is 150 g/mol. The van der Waals surface area contributed by atoms with E-state index in [9.17, 15) is 0 Å². The zero-order valence-electron chi connectivity index (χ0n) is 8.26. The fourth-order valence-corrected chi connectivity index (χ4v) is 0.830. The van der Waals surface area contributed by atoms with Gasteiger partial charge < -0.3 is 5.32 Å². The normalized spacial score (nSPS) is 20.7. The van der Waals surface area contributed by atoms with Crippen LogP contribution < -0.4 is 5.32 Å². The zero-order valence-corrected chi connectivity index (χ0v) is 8.26. The van der Waals surface area contributed by atoms with Crippen LogP contribution in [0.5, 0.6) is 0 Å². The van der Waals surface area contributed by atoms with E-state index < -0.39 is 0 Å². The molecule has 0 aromatic rings. The molecule has 0 atom stereocenters. The van der Waals surface area contributed by atoms with Gasteiger partial charge in [-0.25, -0.2) is 4.99 Å². The van der Waals surface area contributed by atoms with Gasteiger partial charge in [0.15, 0.2) is 5.84 Å². The van der Waals surface area contributed by atoms with E-state index >= 15 is 0 Å². The molecule has 3 nitrogen and oxygen atoms in total. The Bertz CT molecular complexity index is 202. The Labute approximate surface area is 74.3 Å². The molecule has 0 aromatic carbocycles. The maximum absolute atomic E-state index is 4.00. The van der Waals surface area contributed by atoms with Crippen molar-refractivity contribution < 1.29 is 0 Å². The predicted molar refractivity (Wildman–Crippen MR) is 54.7 cm³/mol. The van der Waals surface area contributed by atoms with E-state index in [0.717, 1.165) is 18.0 Å². The Morgan fingerprint density at radius 3 is 2.75 bits per heavy atom. The summed E-state index contributed by atoms with van der Waals surface area (Å²) in [5, 5.41) is 3.00. The van der Waals surface area contributed by atoms with E-state index in [1.165, 1.54) is 0 Å². The van der Waals surface area contributed by atoms with Gasteiger partial charge in [0, 0.05) is 7.05 Å². The van der Waals surface area contributed by atoms with Crippen LogP contribution in [0.4, 0.5) is 0 Å². The van der Waals surface area contributed by atoms with Crippen molar-refractivity contribution in [3.8, 4) is 0 Å². The first-order valence-electron chi connectivity index (χ1n) is 4.35. The molecule has 1 heterocycles. The second-order valence-corrected chi connectivity index (χ2v) is 1.98. The summed E-state index contributed by atoms with van der Waals surface area (Å²) in [5.41, 5.74) is 1.02. The molecule has 1 aliphatic heterocycles. The van der Waals surface area contributed by atoms with Gasteiger partial charge in [-0.1, -0.05) is 26.8 Å². The number of allylic oxidation sites excluding steroid dienone is 1. The minimum Gasteiger partial charge on any atom is -0.343 e. The summed E-state index contributed by atoms with van der Waals surface area (Å²) in [5.74, 6) is 0.793. The van der Waals surface area contributed by atoms with Crippen LogP contribution in [-0.2, 0) is 0 Å². The molecule has 1 rings (SSSR count). The van der Waals surface area contributed by atoms with Crippen LogP contribution in [-0.4, -0.2) is 19.2 Å². The van der Waals surface area contributed by atoms with Gasteiger partial charge in [-0.2, -0.15) is 0 Å². The third-order valence-electron chi connectivity index (χ3n) is 1.27. The quantitative estimate of drug-likeness (QED) is 0.637. The van der Waals surface area contributed by atoms with Crippen molar-refractivity contribution >= 4 is 12.2 Å². The SMILES string of the molecule is CC.CC/C=C1/NC=NC1=NC. The Hall–Kier alpha value is -1.12. The molecular formula is C9H17N3. The first-order valence-corrected chi connectivity index (χ1v) is 4.35. The Morgan fingerprint density at radius 2 is 2.25 bits per heavy atom. The van der Waals surface area contributed by atoms with Gasteiger partial charge in [-0.3, -0.25) is 4.99 Å². The lowest BCUT2D eigenvalue weighted by molar-refractivity contribution is 1.16. The van der Waals surface area contributed by atoms with Gasteiger partial charge in [-0.15, -0.1) is 0 Å². The minimum atomic E-state index is 0.793. The Morgan fingerprint density at radius 1 is 1.58 bits per heavy atom. The molecule has 0 radical (unpaired) electrons. The maximum atomic E-state index is 4.00. The first-order chi connectivity index (χ1) is 5.88. The second-order valence-electron chi connectivity index (χ2n) is 1.98. The minimum absolute atomic E-state index is 0.793. The number of hydrogen-bond donors (Lipinski definition) is 1. The smallest absolute Gasteiger partial charge is 0.172 e. The lowest BCUT2D eigenvalue weighted by Gasteiger charge is -1.94. The standard InChI is InChI=1S/C7H11N3.C2H6/c1-3-4-6-7(8-2)10-5-9-6;1-2/h4-5H,3H2,1-2H3,(H,8,9,10);1-2H3/b6-4+;. The van der Waals surface area contributed by atoms with Crippen molar-refractivity contribution in [2.24, 2.45) is 9.98 Å². The summed E-state index contributed by atoms with van der Waals surface area (Å²) in [6.45, 7) is 6.08.